The number of thioether (sulfide) groups is 1. The SMILES string of the molecule is CCOc1ccc(C(=O)CSc2ccc(NC(=O)/C(=C/c3ccc(N(C)C)cc3)NC(=O)c3ccccc3)cc2)cc1. The molecule has 0 aromatic heterocycles. The number of ether oxygens (including phenoxy) is 1. The summed E-state index contributed by atoms with van der Waals surface area (Å²) in [6, 6.07) is 30.7. The second-order valence-corrected chi connectivity index (χ2v) is 10.6. The predicted octanol–water partition coefficient (Wildman–Crippen LogP) is 6.54. The van der Waals surface area contributed by atoms with E-state index in [-0.39, 0.29) is 23.1 Å². The first-order valence-corrected chi connectivity index (χ1v) is 14.5. The fourth-order valence-corrected chi connectivity index (χ4v) is 4.74. The van der Waals surface area contributed by atoms with Crippen molar-refractivity contribution in [2.45, 2.75) is 11.8 Å². The van der Waals surface area contributed by atoms with Gasteiger partial charge in [0.1, 0.15) is 11.4 Å². The van der Waals surface area contributed by atoms with Gasteiger partial charge in [-0.3, -0.25) is 14.4 Å². The Bertz CT molecular complexity index is 1530. The van der Waals surface area contributed by atoms with E-state index in [1.54, 1.807) is 66.7 Å². The molecule has 0 bridgehead atoms. The third-order valence-corrected chi connectivity index (χ3v) is 7.23. The Morgan fingerprint density at radius 2 is 1.48 bits per heavy atom. The molecular formula is C34H33N3O4S. The Balaban J connectivity index is 1.42. The second kappa shape index (κ2) is 14.7. The van der Waals surface area contributed by atoms with Crippen molar-refractivity contribution >= 4 is 46.8 Å². The van der Waals surface area contributed by atoms with Crippen LogP contribution in [-0.4, -0.2) is 44.1 Å². The second-order valence-electron chi connectivity index (χ2n) is 9.51. The van der Waals surface area contributed by atoms with E-state index in [2.05, 4.69) is 10.6 Å². The van der Waals surface area contributed by atoms with Crippen molar-refractivity contribution in [3.05, 3.63) is 126 Å². The minimum absolute atomic E-state index is 0.0166. The Labute approximate surface area is 250 Å². The summed E-state index contributed by atoms with van der Waals surface area (Å²) in [6.45, 7) is 2.49. The van der Waals surface area contributed by atoms with Gasteiger partial charge in [0.05, 0.1) is 12.4 Å². The zero-order chi connectivity index (χ0) is 29.9. The molecule has 0 fully saturated rings. The van der Waals surface area contributed by atoms with Crippen molar-refractivity contribution in [2.24, 2.45) is 0 Å². The van der Waals surface area contributed by atoms with Gasteiger partial charge in [-0.05, 0) is 91.4 Å². The van der Waals surface area contributed by atoms with Gasteiger partial charge in [0, 0.05) is 41.5 Å². The highest BCUT2D eigenvalue weighted by atomic mass is 32.2. The first-order valence-electron chi connectivity index (χ1n) is 13.5. The summed E-state index contributed by atoms with van der Waals surface area (Å²) < 4.78 is 5.43. The van der Waals surface area contributed by atoms with Crippen LogP contribution in [0.25, 0.3) is 6.08 Å². The van der Waals surface area contributed by atoms with Crippen molar-refractivity contribution in [1.29, 1.82) is 0 Å². The molecule has 8 heteroatoms. The van der Waals surface area contributed by atoms with E-state index in [0.29, 0.717) is 23.4 Å². The summed E-state index contributed by atoms with van der Waals surface area (Å²) in [5.74, 6) is 0.195. The maximum atomic E-state index is 13.3. The average molecular weight is 580 g/mol. The number of nitrogens with zero attached hydrogens (tertiary/aromatic N) is 1. The monoisotopic (exact) mass is 579 g/mol. The topological polar surface area (TPSA) is 87.7 Å². The number of benzene rings is 4. The summed E-state index contributed by atoms with van der Waals surface area (Å²) in [6.07, 6.45) is 1.65. The van der Waals surface area contributed by atoms with Crippen LogP contribution in [0.2, 0.25) is 0 Å². The van der Waals surface area contributed by atoms with E-state index < -0.39 is 5.91 Å². The molecular weight excluding hydrogens is 546 g/mol. The van der Waals surface area contributed by atoms with Crippen LogP contribution < -0.4 is 20.3 Å². The van der Waals surface area contributed by atoms with E-state index >= 15 is 0 Å². The molecule has 4 rings (SSSR count). The van der Waals surface area contributed by atoms with E-state index in [9.17, 15) is 14.4 Å². The molecule has 42 heavy (non-hydrogen) atoms. The number of ketones is 1. The number of carbonyl (C=O) groups excluding carboxylic acids is 3. The lowest BCUT2D eigenvalue weighted by Crippen LogP contribution is -2.30. The Morgan fingerprint density at radius 3 is 2.10 bits per heavy atom. The molecule has 2 amide bonds. The molecule has 0 atom stereocenters. The highest BCUT2D eigenvalue weighted by Crippen LogP contribution is 2.23. The normalized spacial score (nSPS) is 11.0. The maximum Gasteiger partial charge on any atom is 0.272 e. The van der Waals surface area contributed by atoms with Crippen molar-refractivity contribution in [1.82, 2.24) is 5.32 Å². The highest BCUT2D eigenvalue weighted by molar-refractivity contribution is 8.00. The van der Waals surface area contributed by atoms with Gasteiger partial charge in [0.2, 0.25) is 0 Å². The van der Waals surface area contributed by atoms with Gasteiger partial charge in [-0.1, -0.05) is 30.3 Å². The number of hydrogen-bond donors (Lipinski definition) is 2. The number of hydrogen-bond acceptors (Lipinski definition) is 6. The van der Waals surface area contributed by atoms with Gasteiger partial charge in [0.25, 0.3) is 11.8 Å². The maximum absolute atomic E-state index is 13.3. The van der Waals surface area contributed by atoms with Gasteiger partial charge in [-0.25, -0.2) is 0 Å². The number of carbonyl (C=O) groups is 3. The average Bonchev–Trinajstić information content (AvgIpc) is 3.01. The van der Waals surface area contributed by atoms with Crippen LogP contribution in [0.1, 0.15) is 33.2 Å². The fraction of sp³-hybridized carbons (Fsp3) is 0.147. The predicted molar refractivity (Wildman–Crippen MR) is 170 cm³/mol. The summed E-state index contributed by atoms with van der Waals surface area (Å²) in [7, 11) is 3.90. The Morgan fingerprint density at radius 1 is 0.810 bits per heavy atom. The van der Waals surface area contributed by atoms with Crippen molar-refractivity contribution in [2.75, 3.05) is 36.7 Å². The van der Waals surface area contributed by atoms with Gasteiger partial charge < -0.3 is 20.3 Å². The minimum atomic E-state index is -0.456. The molecule has 0 heterocycles. The quantitative estimate of drug-likeness (QED) is 0.113. The van der Waals surface area contributed by atoms with E-state index in [1.165, 1.54) is 11.8 Å². The molecule has 0 radical (unpaired) electrons. The molecule has 2 N–H and O–H groups in total. The number of nitrogens with one attached hydrogen (secondary N) is 2. The van der Waals surface area contributed by atoms with Crippen LogP contribution in [0.5, 0.6) is 5.75 Å². The Kier molecular flexibility index (Phi) is 10.6. The summed E-state index contributed by atoms with van der Waals surface area (Å²) in [4.78, 5) is 41.7. The molecule has 4 aromatic carbocycles. The van der Waals surface area contributed by atoms with Crippen molar-refractivity contribution in [3.63, 3.8) is 0 Å². The lowest BCUT2D eigenvalue weighted by Gasteiger charge is -2.13. The van der Waals surface area contributed by atoms with E-state index in [4.69, 9.17) is 4.74 Å². The molecule has 7 nitrogen and oxygen atoms in total. The summed E-state index contributed by atoms with van der Waals surface area (Å²) in [5, 5.41) is 5.62. The molecule has 0 aliphatic carbocycles. The fourth-order valence-electron chi connectivity index (χ4n) is 3.95. The molecule has 0 aliphatic rings. The van der Waals surface area contributed by atoms with Crippen LogP contribution in [0.4, 0.5) is 11.4 Å². The Hall–Kier alpha value is -4.82. The molecule has 0 unspecified atom stereocenters. The number of Topliss-reactive ketones (excluding diaryl/α,β-unsaturated/α-hetero) is 1. The van der Waals surface area contributed by atoms with Gasteiger partial charge in [-0.15, -0.1) is 11.8 Å². The number of amides is 2. The molecule has 214 valence electrons. The van der Waals surface area contributed by atoms with Gasteiger partial charge in [0.15, 0.2) is 5.78 Å². The molecule has 4 aromatic rings. The zero-order valence-electron chi connectivity index (χ0n) is 23.8. The molecule has 0 saturated carbocycles. The minimum Gasteiger partial charge on any atom is -0.494 e. The third-order valence-electron chi connectivity index (χ3n) is 6.22. The van der Waals surface area contributed by atoms with Gasteiger partial charge >= 0.3 is 0 Å². The highest BCUT2D eigenvalue weighted by Gasteiger charge is 2.15. The van der Waals surface area contributed by atoms with Crippen LogP contribution in [-0.2, 0) is 4.79 Å². The number of anilines is 2. The van der Waals surface area contributed by atoms with E-state index in [1.807, 2.05) is 68.4 Å². The number of rotatable bonds is 12. The van der Waals surface area contributed by atoms with Crippen LogP contribution >= 0.6 is 11.8 Å². The largest absolute Gasteiger partial charge is 0.494 e. The summed E-state index contributed by atoms with van der Waals surface area (Å²) in [5.41, 5.74) is 3.53. The van der Waals surface area contributed by atoms with Crippen LogP contribution in [0.3, 0.4) is 0 Å². The molecule has 0 spiro atoms. The van der Waals surface area contributed by atoms with Crippen molar-refractivity contribution < 1.29 is 19.1 Å². The first kappa shape index (κ1) is 30.1. The third kappa shape index (κ3) is 8.59. The lowest BCUT2D eigenvalue weighted by molar-refractivity contribution is -0.113. The van der Waals surface area contributed by atoms with Gasteiger partial charge in [-0.2, -0.15) is 0 Å². The smallest absolute Gasteiger partial charge is 0.272 e. The lowest BCUT2D eigenvalue weighted by atomic mass is 10.1. The summed E-state index contributed by atoms with van der Waals surface area (Å²) >= 11 is 1.42. The first-order chi connectivity index (χ1) is 20.3. The zero-order valence-corrected chi connectivity index (χ0v) is 24.6. The molecule has 0 saturated heterocycles. The standard InChI is InChI=1S/C34H33N3O4S/c1-4-41-29-18-12-25(13-19-29)32(38)23-42-30-20-14-27(15-21-30)35-34(40)31(36-33(39)26-8-6-5-7-9-26)22-24-10-16-28(17-11-24)37(2)3/h5-22H,4,23H2,1-3H3,(H,35,40)(H,36,39)/b31-22-. The van der Waals surface area contributed by atoms with E-state index in [0.717, 1.165) is 21.9 Å². The van der Waals surface area contributed by atoms with Crippen LogP contribution in [0, 0.1) is 0 Å². The molecule has 0 aliphatic heterocycles. The van der Waals surface area contributed by atoms with Crippen molar-refractivity contribution in [3.8, 4) is 5.75 Å². The van der Waals surface area contributed by atoms with Crippen LogP contribution in [0.15, 0.2) is 114 Å².